The molecule has 5 nitrogen and oxygen atoms in total. The molecule has 1 heterocycles. The van der Waals surface area contributed by atoms with Crippen LogP contribution in [0.1, 0.15) is 11.1 Å². The van der Waals surface area contributed by atoms with Gasteiger partial charge in [0.1, 0.15) is 17.7 Å². The molecular weight excluding hydrogens is 448 g/mol. The zero-order chi connectivity index (χ0) is 24.9. The summed E-state index contributed by atoms with van der Waals surface area (Å²) in [5, 5.41) is 0. The van der Waals surface area contributed by atoms with Gasteiger partial charge >= 0.3 is 0 Å². The number of para-hydroxylation sites is 2. The van der Waals surface area contributed by atoms with E-state index in [0.29, 0.717) is 12.3 Å². The number of carbonyl (C=O) groups excluding carboxylic acids is 1. The number of nitrogens with zero attached hydrogens (tertiary/aromatic N) is 2. The molecule has 2 atom stereocenters. The highest BCUT2D eigenvalue weighted by atomic mass is 16.5. The second-order valence-corrected chi connectivity index (χ2v) is 9.08. The fraction of sp³-hybridized carbons (Fsp3) is 0.194. The molecule has 36 heavy (non-hydrogen) atoms. The van der Waals surface area contributed by atoms with E-state index in [9.17, 15) is 4.79 Å². The number of amides is 1. The molecule has 1 fully saturated rings. The lowest BCUT2D eigenvalue weighted by molar-refractivity contribution is -0.122. The van der Waals surface area contributed by atoms with Crippen molar-refractivity contribution in [1.29, 1.82) is 0 Å². The molecule has 1 amide bonds. The smallest absolute Gasteiger partial charge is 0.266 e. The van der Waals surface area contributed by atoms with Crippen LogP contribution in [0.2, 0.25) is 0 Å². The van der Waals surface area contributed by atoms with Gasteiger partial charge in [-0.25, -0.2) is 0 Å². The molecule has 4 aromatic carbocycles. The van der Waals surface area contributed by atoms with E-state index in [1.54, 1.807) is 0 Å². The van der Waals surface area contributed by atoms with Crippen molar-refractivity contribution in [2.45, 2.75) is 26.1 Å². The molecule has 0 spiro atoms. The monoisotopic (exact) mass is 478 g/mol. The summed E-state index contributed by atoms with van der Waals surface area (Å²) in [6.45, 7) is 4.70. The Balaban J connectivity index is 1.50. The molecule has 1 aliphatic rings. The molecule has 0 aliphatic carbocycles. The molecule has 0 radical (unpaired) electrons. The summed E-state index contributed by atoms with van der Waals surface area (Å²) in [5.74, 6) is 1.32. The largest absolute Gasteiger partial charge is 0.484 e. The quantitative estimate of drug-likeness (QED) is 0.311. The molecule has 0 unspecified atom stereocenters. The van der Waals surface area contributed by atoms with Gasteiger partial charge in [0.05, 0.1) is 6.54 Å². The first-order valence-electron chi connectivity index (χ1n) is 12.2. The van der Waals surface area contributed by atoms with Crippen LogP contribution in [0.4, 0.5) is 11.4 Å². The third kappa shape index (κ3) is 5.20. The Kier molecular flexibility index (Phi) is 6.89. The summed E-state index contributed by atoms with van der Waals surface area (Å²) in [7, 11) is 0. The van der Waals surface area contributed by atoms with Crippen LogP contribution in [0.15, 0.2) is 109 Å². The molecule has 0 N–H and O–H groups in total. The van der Waals surface area contributed by atoms with Gasteiger partial charge in [-0.3, -0.25) is 9.69 Å². The molecule has 5 rings (SSSR count). The third-order valence-electron chi connectivity index (χ3n) is 6.31. The predicted molar refractivity (Wildman–Crippen MR) is 144 cm³/mol. The molecule has 1 saturated heterocycles. The average Bonchev–Trinajstić information content (AvgIpc) is 2.89. The maximum Gasteiger partial charge on any atom is 0.266 e. The minimum Gasteiger partial charge on any atom is -0.484 e. The van der Waals surface area contributed by atoms with Gasteiger partial charge in [-0.15, -0.1) is 0 Å². The highest BCUT2D eigenvalue weighted by molar-refractivity contribution is 5.96. The Morgan fingerprint density at radius 1 is 0.806 bits per heavy atom. The number of hydrogen-bond donors (Lipinski definition) is 0. The first-order valence-corrected chi connectivity index (χ1v) is 12.2. The van der Waals surface area contributed by atoms with Crippen LogP contribution in [-0.4, -0.2) is 31.3 Å². The van der Waals surface area contributed by atoms with E-state index < -0.39 is 0 Å². The fourth-order valence-electron chi connectivity index (χ4n) is 4.55. The number of ether oxygens (including phenoxy) is 2. The fourth-order valence-corrected chi connectivity index (χ4v) is 4.55. The van der Waals surface area contributed by atoms with Crippen molar-refractivity contribution < 1.29 is 14.3 Å². The lowest BCUT2D eigenvalue weighted by atomic mass is 10.0. The lowest BCUT2D eigenvalue weighted by Crippen LogP contribution is -2.71. The van der Waals surface area contributed by atoms with Crippen molar-refractivity contribution in [2.24, 2.45) is 0 Å². The predicted octanol–water partition coefficient (Wildman–Crippen LogP) is 6.01. The Morgan fingerprint density at radius 2 is 1.44 bits per heavy atom. The minimum absolute atomic E-state index is 0.0752. The van der Waals surface area contributed by atoms with Gasteiger partial charge in [-0.2, -0.15) is 0 Å². The maximum absolute atomic E-state index is 13.8. The summed E-state index contributed by atoms with van der Waals surface area (Å²) in [6, 6.07) is 35.6. The molecule has 1 aliphatic heterocycles. The van der Waals surface area contributed by atoms with Crippen LogP contribution < -0.4 is 19.3 Å². The van der Waals surface area contributed by atoms with E-state index in [4.69, 9.17) is 9.47 Å². The Hall–Kier alpha value is -4.25. The highest BCUT2D eigenvalue weighted by Gasteiger charge is 2.47. The number of benzene rings is 4. The summed E-state index contributed by atoms with van der Waals surface area (Å²) in [5.41, 5.74) is 4.12. The Morgan fingerprint density at radius 3 is 2.11 bits per heavy atom. The van der Waals surface area contributed by atoms with E-state index >= 15 is 0 Å². The number of hydrogen-bond acceptors (Lipinski definition) is 4. The molecular formula is C31H30N2O3. The molecule has 5 heteroatoms. The summed E-state index contributed by atoms with van der Waals surface area (Å²) in [4.78, 5) is 17.9. The zero-order valence-electron chi connectivity index (χ0n) is 20.6. The first kappa shape index (κ1) is 23.5. The maximum atomic E-state index is 13.8. The number of rotatable bonds is 8. The van der Waals surface area contributed by atoms with E-state index in [1.165, 1.54) is 5.56 Å². The first-order chi connectivity index (χ1) is 17.6. The Bertz CT molecular complexity index is 1310. The van der Waals surface area contributed by atoms with Crippen LogP contribution in [0.3, 0.4) is 0 Å². The molecule has 0 aromatic heterocycles. The second-order valence-electron chi connectivity index (χ2n) is 9.08. The Labute approximate surface area is 212 Å². The van der Waals surface area contributed by atoms with Gasteiger partial charge in [0, 0.05) is 11.4 Å². The average molecular weight is 479 g/mol. The molecule has 0 bridgehead atoms. The van der Waals surface area contributed by atoms with Crippen molar-refractivity contribution in [1.82, 2.24) is 0 Å². The van der Waals surface area contributed by atoms with E-state index in [1.807, 2.05) is 103 Å². The van der Waals surface area contributed by atoms with Crippen molar-refractivity contribution in [3.63, 3.8) is 0 Å². The standard InChI is InChI=1S/C31H30N2O3/c1-23-11-9-13-25(19-23)32-21-29(36-28-17-7-4-8-18-28)31(32)33(26-14-10-12-24(2)20-26)30(34)22-35-27-15-5-3-6-16-27/h3-20,29,31H,21-22H2,1-2H3/t29-,31+/m1/s1. The summed E-state index contributed by atoms with van der Waals surface area (Å²) in [6.07, 6.45) is -0.547. The van der Waals surface area contributed by atoms with Crippen molar-refractivity contribution >= 4 is 17.3 Å². The van der Waals surface area contributed by atoms with Gasteiger partial charge in [0.25, 0.3) is 5.91 Å². The van der Waals surface area contributed by atoms with Crippen molar-refractivity contribution in [3.8, 4) is 11.5 Å². The third-order valence-corrected chi connectivity index (χ3v) is 6.31. The highest BCUT2D eigenvalue weighted by Crippen LogP contribution is 2.35. The number of carbonyl (C=O) groups is 1. The normalized spacial score (nSPS) is 16.7. The van der Waals surface area contributed by atoms with E-state index in [-0.39, 0.29) is 24.8 Å². The molecule has 182 valence electrons. The van der Waals surface area contributed by atoms with Crippen LogP contribution in [0.25, 0.3) is 0 Å². The van der Waals surface area contributed by atoms with Crippen LogP contribution in [0, 0.1) is 13.8 Å². The van der Waals surface area contributed by atoms with Crippen molar-refractivity contribution in [2.75, 3.05) is 23.0 Å². The van der Waals surface area contributed by atoms with E-state index in [0.717, 1.165) is 22.7 Å². The van der Waals surface area contributed by atoms with Crippen molar-refractivity contribution in [3.05, 3.63) is 120 Å². The number of anilines is 2. The lowest BCUT2D eigenvalue weighted by Gasteiger charge is -2.53. The second kappa shape index (κ2) is 10.6. The van der Waals surface area contributed by atoms with Gasteiger partial charge in [0.2, 0.25) is 0 Å². The van der Waals surface area contributed by atoms with Crippen LogP contribution in [-0.2, 0) is 4.79 Å². The van der Waals surface area contributed by atoms with Crippen LogP contribution >= 0.6 is 0 Å². The van der Waals surface area contributed by atoms with Gasteiger partial charge < -0.3 is 14.4 Å². The number of aryl methyl sites for hydroxylation is 2. The van der Waals surface area contributed by atoms with Gasteiger partial charge in [-0.1, -0.05) is 60.7 Å². The topological polar surface area (TPSA) is 42.0 Å². The van der Waals surface area contributed by atoms with Crippen LogP contribution in [0.5, 0.6) is 11.5 Å². The SMILES string of the molecule is Cc1cccc(N2C[C@@H](Oc3ccccc3)[C@@H]2N(C(=O)COc2ccccc2)c2cccc(C)c2)c1. The summed E-state index contributed by atoms with van der Waals surface area (Å²) >= 11 is 0. The van der Waals surface area contributed by atoms with E-state index in [2.05, 4.69) is 30.0 Å². The van der Waals surface area contributed by atoms with Gasteiger partial charge in [-0.05, 0) is 73.5 Å². The molecule has 4 aromatic rings. The zero-order valence-corrected chi connectivity index (χ0v) is 20.6. The van der Waals surface area contributed by atoms with Gasteiger partial charge in [0.15, 0.2) is 12.7 Å². The minimum atomic E-state index is -0.333. The summed E-state index contributed by atoms with van der Waals surface area (Å²) < 4.78 is 12.3. The molecule has 0 saturated carbocycles.